The molecule has 2 heterocycles. The molecule has 39 heavy (non-hydrogen) atoms. The largest absolute Gasteiger partial charge is 0.494 e. The van der Waals surface area contributed by atoms with Crippen molar-refractivity contribution in [1.82, 2.24) is 24.9 Å². The second kappa shape index (κ2) is 11.3. The summed E-state index contributed by atoms with van der Waals surface area (Å²) in [5.41, 5.74) is 4.92. The third kappa shape index (κ3) is 5.58. The van der Waals surface area contributed by atoms with E-state index in [1.807, 2.05) is 61.1 Å². The van der Waals surface area contributed by atoms with Crippen molar-refractivity contribution in [2.75, 3.05) is 51.6 Å². The van der Waals surface area contributed by atoms with Crippen molar-refractivity contribution in [3.05, 3.63) is 64.5 Å². The molecule has 1 amide bonds. The molecule has 4 N–H and O–H groups in total. The molecule has 4 aromatic rings. The van der Waals surface area contributed by atoms with Crippen molar-refractivity contribution in [2.45, 2.75) is 0 Å². The SMILES string of the molecule is COc1cc(N(C)CCN(C)C)c([N+](=O)[O-])cc1Nc1ncc(C(=O)NN)c(-c2cn(C)c3ccccc23)n1. The number of carbonyl (C=O) groups excluding carboxylic acids is 1. The van der Waals surface area contributed by atoms with Gasteiger partial charge in [0.05, 0.1) is 29.0 Å². The fourth-order valence-corrected chi connectivity index (χ4v) is 4.29. The molecule has 0 aliphatic carbocycles. The molecule has 0 fully saturated rings. The molecule has 0 saturated heterocycles. The van der Waals surface area contributed by atoms with E-state index < -0.39 is 10.8 Å². The summed E-state index contributed by atoms with van der Waals surface area (Å²) in [5, 5.41) is 15.9. The minimum absolute atomic E-state index is 0.104. The lowest BCUT2D eigenvalue weighted by Crippen LogP contribution is -2.30. The summed E-state index contributed by atoms with van der Waals surface area (Å²) in [5.74, 6) is 5.36. The van der Waals surface area contributed by atoms with Gasteiger partial charge >= 0.3 is 0 Å². The Labute approximate surface area is 225 Å². The molecular weight excluding hydrogens is 502 g/mol. The molecule has 0 spiro atoms. The van der Waals surface area contributed by atoms with Gasteiger partial charge in [-0.3, -0.25) is 20.3 Å². The number of hydrazine groups is 1. The number of nitrogens with two attached hydrogens (primary N) is 1. The molecule has 13 nitrogen and oxygen atoms in total. The van der Waals surface area contributed by atoms with Crippen LogP contribution in [0.2, 0.25) is 0 Å². The maximum Gasteiger partial charge on any atom is 0.294 e. The third-order valence-electron chi connectivity index (χ3n) is 6.35. The number of para-hydroxylation sites is 1. The number of amides is 1. The van der Waals surface area contributed by atoms with Gasteiger partial charge in [0.15, 0.2) is 0 Å². The molecule has 0 atom stereocenters. The number of nitrogen functional groups attached to an aromatic ring is 1. The van der Waals surface area contributed by atoms with Crippen LogP contribution < -0.4 is 26.2 Å². The minimum atomic E-state index is -0.553. The van der Waals surface area contributed by atoms with E-state index in [9.17, 15) is 14.9 Å². The fraction of sp³-hybridized carbons (Fsp3) is 0.269. The summed E-state index contributed by atoms with van der Waals surface area (Å²) < 4.78 is 7.49. The topological polar surface area (TPSA) is 157 Å². The van der Waals surface area contributed by atoms with Gasteiger partial charge in [0, 0.05) is 68.2 Å². The van der Waals surface area contributed by atoms with Crippen molar-refractivity contribution in [1.29, 1.82) is 0 Å². The number of ether oxygens (including phenoxy) is 1. The lowest BCUT2D eigenvalue weighted by molar-refractivity contribution is -0.384. The Bertz CT molecular complexity index is 1530. The molecule has 0 aliphatic heterocycles. The fourth-order valence-electron chi connectivity index (χ4n) is 4.29. The summed E-state index contributed by atoms with van der Waals surface area (Å²) >= 11 is 0. The number of aryl methyl sites for hydroxylation is 1. The van der Waals surface area contributed by atoms with E-state index in [2.05, 4.69) is 20.7 Å². The van der Waals surface area contributed by atoms with E-state index in [-0.39, 0.29) is 17.2 Å². The van der Waals surface area contributed by atoms with E-state index in [1.54, 1.807) is 18.0 Å². The van der Waals surface area contributed by atoms with E-state index in [1.165, 1.54) is 19.4 Å². The maximum absolute atomic E-state index is 12.6. The molecule has 0 saturated carbocycles. The number of nitro benzene ring substituents is 1. The molecule has 204 valence electrons. The number of anilines is 3. The molecular formula is C26H31N9O4. The quantitative estimate of drug-likeness (QED) is 0.120. The van der Waals surface area contributed by atoms with E-state index in [0.29, 0.717) is 41.5 Å². The minimum Gasteiger partial charge on any atom is -0.494 e. The number of hydrogen-bond donors (Lipinski definition) is 3. The first-order valence-corrected chi connectivity index (χ1v) is 12.1. The number of likely N-dealkylation sites (N-methyl/N-ethyl adjacent to an activating group) is 2. The Morgan fingerprint density at radius 3 is 2.62 bits per heavy atom. The van der Waals surface area contributed by atoms with Gasteiger partial charge in [-0.15, -0.1) is 0 Å². The van der Waals surface area contributed by atoms with Crippen LogP contribution in [0.5, 0.6) is 5.75 Å². The van der Waals surface area contributed by atoms with Crippen LogP contribution in [0, 0.1) is 10.1 Å². The van der Waals surface area contributed by atoms with Gasteiger partial charge in [0.2, 0.25) is 5.95 Å². The Kier molecular flexibility index (Phi) is 7.93. The van der Waals surface area contributed by atoms with E-state index >= 15 is 0 Å². The number of benzene rings is 2. The van der Waals surface area contributed by atoms with E-state index in [4.69, 9.17) is 10.6 Å². The number of methoxy groups -OCH3 is 1. The Morgan fingerprint density at radius 1 is 1.21 bits per heavy atom. The highest BCUT2D eigenvalue weighted by molar-refractivity contribution is 6.04. The zero-order valence-corrected chi connectivity index (χ0v) is 22.4. The Morgan fingerprint density at radius 2 is 1.95 bits per heavy atom. The zero-order chi connectivity index (χ0) is 28.3. The maximum atomic E-state index is 12.6. The van der Waals surface area contributed by atoms with Crippen molar-refractivity contribution in [3.63, 3.8) is 0 Å². The number of carbonyl (C=O) groups is 1. The van der Waals surface area contributed by atoms with Gasteiger partial charge in [0.25, 0.3) is 11.6 Å². The summed E-state index contributed by atoms with van der Waals surface area (Å²) in [6.45, 7) is 1.29. The number of rotatable bonds is 10. The average molecular weight is 534 g/mol. The van der Waals surface area contributed by atoms with E-state index in [0.717, 1.165) is 10.9 Å². The molecule has 0 unspecified atom stereocenters. The highest BCUT2D eigenvalue weighted by Gasteiger charge is 2.24. The molecule has 2 aromatic carbocycles. The standard InChI is InChI=1S/C26H31N9O4/c1-32(2)10-11-33(3)21-13-23(39-5)19(12-22(21)35(37)38)29-26-28-14-17(25(36)31-27)24(30-26)18-15-34(4)20-9-7-6-8-16(18)20/h6-9,12-15H,10-11,27H2,1-5H3,(H,31,36)(H,28,29,30). The van der Waals surface area contributed by atoms with Crippen LogP contribution in [-0.4, -0.2) is 71.6 Å². The van der Waals surface area contributed by atoms with Crippen LogP contribution in [0.15, 0.2) is 48.8 Å². The second-order valence-electron chi connectivity index (χ2n) is 9.25. The first-order valence-electron chi connectivity index (χ1n) is 12.1. The molecule has 0 bridgehead atoms. The number of nitrogens with one attached hydrogen (secondary N) is 2. The van der Waals surface area contributed by atoms with Crippen LogP contribution in [0.25, 0.3) is 22.2 Å². The smallest absolute Gasteiger partial charge is 0.294 e. The predicted molar refractivity (Wildman–Crippen MR) is 150 cm³/mol. The van der Waals surface area contributed by atoms with Crippen LogP contribution >= 0.6 is 0 Å². The van der Waals surface area contributed by atoms with Gasteiger partial charge in [-0.25, -0.2) is 15.8 Å². The number of fused-ring (bicyclic) bond motifs is 1. The highest BCUT2D eigenvalue weighted by atomic mass is 16.6. The Hall–Kier alpha value is -4.75. The molecule has 4 rings (SSSR count). The van der Waals surface area contributed by atoms with Gasteiger partial charge < -0.3 is 24.4 Å². The van der Waals surface area contributed by atoms with Crippen LogP contribution in [-0.2, 0) is 7.05 Å². The Balaban J connectivity index is 1.80. The van der Waals surface area contributed by atoms with Crippen molar-refractivity contribution < 1.29 is 14.5 Å². The summed E-state index contributed by atoms with van der Waals surface area (Å²) in [6.07, 6.45) is 3.23. The highest BCUT2D eigenvalue weighted by Crippen LogP contribution is 2.39. The number of hydrogen-bond acceptors (Lipinski definition) is 10. The van der Waals surface area contributed by atoms with Crippen LogP contribution in [0.4, 0.5) is 23.0 Å². The number of aromatic nitrogens is 3. The van der Waals surface area contributed by atoms with Gasteiger partial charge in [-0.1, -0.05) is 18.2 Å². The van der Waals surface area contributed by atoms with Gasteiger partial charge in [-0.05, 0) is 20.2 Å². The predicted octanol–water partition coefficient (Wildman–Crippen LogP) is 2.90. The first-order chi connectivity index (χ1) is 18.6. The van der Waals surface area contributed by atoms with Crippen molar-refractivity contribution in [3.8, 4) is 17.0 Å². The van der Waals surface area contributed by atoms with Crippen molar-refractivity contribution in [2.24, 2.45) is 12.9 Å². The lowest BCUT2D eigenvalue weighted by Gasteiger charge is -2.22. The molecule has 2 aromatic heterocycles. The number of nitrogens with zero attached hydrogens (tertiary/aromatic N) is 6. The monoisotopic (exact) mass is 533 g/mol. The van der Waals surface area contributed by atoms with Gasteiger partial charge in [-0.2, -0.15) is 0 Å². The van der Waals surface area contributed by atoms with Crippen molar-refractivity contribution >= 4 is 39.8 Å². The molecule has 13 heteroatoms. The lowest BCUT2D eigenvalue weighted by atomic mass is 10.1. The summed E-state index contributed by atoms with van der Waals surface area (Å²) in [7, 11) is 9.04. The average Bonchev–Trinajstić information content (AvgIpc) is 3.27. The first kappa shape index (κ1) is 27.3. The second-order valence-corrected chi connectivity index (χ2v) is 9.25. The summed E-state index contributed by atoms with van der Waals surface area (Å²) in [4.78, 5) is 36.9. The molecule has 0 aliphatic rings. The van der Waals surface area contributed by atoms with Crippen LogP contribution in [0.3, 0.4) is 0 Å². The normalized spacial score (nSPS) is 11.1. The zero-order valence-electron chi connectivity index (χ0n) is 22.4. The number of nitro groups is 1. The van der Waals surface area contributed by atoms with Gasteiger partial charge in [0.1, 0.15) is 11.4 Å². The molecule has 0 radical (unpaired) electrons. The van der Waals surface area contributed by atoms with Crippen LogP contribution in [0.1, 0.15) is 10.4 Å². The third-order valence-corrected chi connectivity index (χ3v) is 6.35. The summed E-state index contributed by atoms with van der Waals surface area (Å²) in [6, 6.07) is 10.7.